The number of nitrogens with zero attached hydrogens (tertiary/aromatic N) is 2. The van der Waals surface area contributed by atoms with Crippen LogP contribution in [0.2, 0.25) is 0 Å². The van der Waals surface area contributed by atoms with Gasteiger partial charge >= 0.3 is 6.18 Å². The van der Waals surface area contributed by atoms with Crippen LogP contribution in [-0.4, -0.2) is 59.7 Å². The number of rotatable bonds is 2. The number of piperazine rings is 2. The van der Waals surface area contributed by atoms with Crippen molar-refractivity contribution in [3.63, 3.8) is 0 Å². The van der Waals surface area contributed by atoms with Crippen LogP contribution in [-0.2, 0) is 27.0 Å². The smallest absolute Gasteiger partial charge is 0.345 e. The first-order valence-corrected chi connectivity index (χ1v) is 7.77. The summed E-state index contributed by atoms with van der Waals surface area (Å²) in [6.07, 6.45) is -4.47. The van der Waals surface area contributed by atoms with Gasteiger partial charge in [-0.05, 0) is 17.7 Å². The molecule has 0 spiro atoms. The number of nitrogens with one attached hydrogen (secondary N) is 1. The second-order valence-electron chi connectivity index (χ2n) is 6.03. The molecule has 2 aliphatic rings. The van der Waals surface area contributed by atoms with Crippen molar-refractivity contribution in [3.8, 4) is 0 Å². The molecule has 0 radical (unpaired) electrons. The van der Waals surface area contributed by atoms with E-state index in [1.165, 1.54) is 21.9 Å². The zero-order valence-corrected chi connectivity index (χ0v) is 13.2. The fourth-order valence-electron chi connectivity index (χ4n) is 3.01. The SMILES string of the molecule is O=C1NCC(=O)N2CCN(C(=O)Cc3ccc(C(F)(F)F)cc3)C[C@H]12. The Labute approximate surface area is 141 Å². The van der Waals surface area contributed by atoms with Gasteiger partial charge in [0.2, 0.25) is 17.7 Å². The third-order valence-corrected chi connectivity index (χ3v) is 4.41. The average molecular weight is 355 g/mol. The van der Waals surface area contributed by atoms with Crippen LogP contribution in [0, 0.1) is 0 Å². The molecule has 3 rings (SSSR count). The van der Waals surface area contributed by atoms with E-state index in [0.29, 0.717) is 12.1 Å². The summed E-state index contributed by atoms with van der Waals surface area (Å²) in [4.78, 5) is 39.0. The van der Waals surface area contributed by atoms with Crippen LogP contribution in [0.15, 0.2) is 24.3 Å². The molecular weight excluding hydrogens is 339 g/mol. The number of benzene rings is 1. The van der Waals surface area contributed by atoms with Crippen molar-refractivity contribution < 1.29 is 27.6 Å². The van der Waals surface area contributed by atoms with Gasteiger partial charge in [-0.25, -0.2) is 0 Å². The normalized spacial score (nSPS) is 21.0. The standard InChI is InChI=1S/C16H16F3N3O3/c17-16(18,19)11-3-1-10(2-4-11)7-13(23)21-5-6-22-12(9-21)15(25)20-8-14(22)24/h1-4,12H,5-9H2,(H,20,25)/t12-/m1/s1. The summed E-state index contributed by atoms with van der Waals surface area (Å²) in [7, 11) is 0. The van der Waals surface area contributed by atoms with E-state index >= 15 is 0 Å². The zero-order chi connectivity index (χ0) is 18.2. The van der Waals surface area contributed by atoms with Gasteiger partial charge in [0.25, 0.3) is 0 Å². The van der Waals surface area contributed by atoms with Gasteiger partial charge in [-0.15, -0.1) is 0 Å². The summed E-state index contributed by atoms with van der Waals surface area (Å²) in [6, 6.07) is 3.72. The van der Waals surface area contributed by atoms with E-state index in [1.807, 2.05) is 0 Å². The molecule has 1 aromatic rings. The maximum Gasteiger partial charge on any atom is 0.416 e. The highest BCUT2D eigenvalue weighted by atomic mass is 19.4. The van der Waals surface area contributed by atoms with E-state index in [1.54, 1.807) is 0 Å². The van der Waals surface area contributed by atoms with Crippen LogP contribution in [0.1, 0.15) is 11.1 Å². The third kappa shape index (κ3) is 3.59. The summed E-state index contributed by atoms with van der Waals surface area (Å²) in [6.45, 7) is 0.635. The minimum absolute atomic E-state index is 0.0329. The number of hydrogen-bond acceptors (Lipinski definition) is 3. The lowest BCUT2D eigenvalue weighted by molar-refractivity contribution is -0.152. The Hall–Kier alpha value is -2.58. The fourth-order valence-corrected chi connectivity index (χ4v) is 3.01. The molecule has 3 amide bonds. The lowest BCUT2D eigenvalue weighted by atomic mass is 10.1. The molecule has 2 aliphatic heterocycles. The van der Waals surface area contributed by atoms with E-state index < -0.39 is 17.8 Å². The monoisotopic (exact) mass is 355 g/mol. The third-order valence-electron chi connectivity index (χ3n) is 4.41. The molecule has 6 nitrogen and oxygen atoms in total. The van der Waals surface area contributed by atoms with E-state index in [-0.39, 0.29) is 43.8 Å². The molecule has 0 bridgehead atoms. The summed E-state index contributed by atoms with van der Waals surface area (Å²) < 4.78 is 37.7. The minimum Gasteiger partial charge on any atom is -0.345 e. The summed E-state index contributed by atoms with van der Waals surface area (Å²) >= 11 is 0. The number of hydrogen-bond donors (Lipinski definition) is 1. The number of fused-ring (bicyclic) bond motifs is 1. The van der Waals surface area contributed by atoms with Gasteiger partial charge in [0, 0.05) is 13.1 Å². The van der Waals surface area contributed by atoms with Crippen LogP contribution in [0.5, 0.6) is 0 Å². The van der Waals surface area contributed by atoms with Gasteiger partial charge in [0.15, 0.2) is 0 Å². The van der Waals surface area contributed by atoms with Gasteiger partial charge in [-0.1, -0.05) is 12.1 Å². The Bertz CT molecular complexity index is 703. The largest absolute Gasteiger partial charge is 0.416 e. The lowest BCUT2D eigenvalue weighted by Gasteiger charge is -2.42. The first-order valence-electron chi connectivity index (χ1n) is 7.77. The van der Waals surface area contributed by atoms with Crippen molar-refractivity contribution in [1.82, 2.24) is 15.1 Å². The van der Waals surface area contributed by atoms with Crippen LogP contribution in [0.4, 0.5) is 13.2 Å². The van der Waals surface area contributed by atoms with E-state index in [4.69, 9.17) is 0 Å². The number of halogens is 3. The minimum atomic E-state index is -4.42. The summed E-state index contributed by atoms with van der Waals surface area (Å²) in [5.41, 5.74) is -0.306. The van der Waals surface area contributed by atoms with Gasteiger partial charge in [0.1, 0.15) is 6.04 Å². The Morgan fingerprint density at radius 1 is 1.16 bits per heavy atom. The molecular formula is C16H16F3N3O3. The van der Waals surface area contributed by atoms with E-state index in [0.717, 1.165) is 12.1 Å². The molecule has 0 saturated carbocycles. The van der Waals surface area contributed by atoms with E-state index in [9.17, 15) is 27.6 Å². The van der Waals surface area contributed by atoms with Crippen molar-refractivity contribution in [2.24, 2.45) is 0 Å². The molecule has 1 N–H and O–H groups in total. The molecule has 134 valence electrons. The Kier molecular flexibility index (Phi) is 4.40. The first-order chi connectivity index (χ1) is 11.8. The Morgan fingerprint density at radius 3 is 2.48 bits per heavy atom. The van der Waals surface area contributed by atoms with Crippen molar-refractivity contribution in [3.05, 3.63) is 35.4 Å². The topological polar surface area (TPSA) is 69.7 Å². The Morgan fingerprint density at radius 2 is 1.84 bits per heavy atom. The molecule has 9 heteroatoms. The second-order valence-corrected chi connectivity index (χ2v) is 6.03. The van der Waals surface area contributed by atoms with Crippen LogP contribution in [0.25, 0.3) is 0 Å². The molecule has 0 unspecified atom stereocenters. The predicted molar refractivity (Wildman–Crippen MR) is 80.2 cm³/mol. The maximum atomic E-state index is 12.6. The molecule has 0 aromatic heterocycles. The molecule has 2 fully saturated rings. The van der Waals surface area contributed by atoms with E-state index in [2.05, 4.69) is 5.32 Å². The van der Waals surface area contributed by atoms with Gasteiger partial charge in [-0.3, -0.25) is 14.4 Å². The fraction of sp³-hybridized carbons (Fsp3) is 0.438. The molecule has 1 atom stereocenters. The van der Waals surface area contributed by atoms with Crippen molar-refractivity contribution in [2.75, 3.05) is 26.2 Å². The van der Waals surface area contributed by atoms with Gasteiger partial charge < -0.3 is 15.1 Å². The maximum absolute atomic E-state index is 12.6. The predicted octanol–water partition coefficient (Wildman–Crippen LogP) is 0.417. The molecule has 2 saturated heterocycles. The molecule has 25 heavy (non-hydrogen) atoms. The highest BCUT2D eigenvalue weighted by molar-refractivity contribution is 5.95. The first kappa shape index (κ1) is 17.2. The summed E-state index contributed by atoms with van der Waals surface area (Å²) in [5.74, 6) is -0.767. The van der Waals surface area contributed by atoms with Gasteiger partial charge in [-0.2, -0.15) is 13.2 Å². The molecule has 0 aliphatic carbocycles. The number of alkyl halides is 3. The Balaban J connectivity index is 1.64. The van der Waals surface area contributed by atoms with Crippen molar-refractivity contribution in [2.45, 2.75) is 18.6 Å². The molecule has 1 aromatic carbocycles. The highest BCUT2D eigenvalue weighted by Crippen LogP contribution is 2.29. The summed E-state index contributed by atoms with van der Waals surface area (Å²) in [5, 5.41) is 2.49. The number of carbonyl (C=O) groups excluding carboxylic acids is 3. The zero-order valence-electron chi connectivity index (χ0n) is 13.2. The van der Waals surface area contributed by atoms with Crippen molar-refractivity contribution in [1.29, 1.82) is 0 Å². The molecule has 2 heterocycles. The van der Waals surface area contributed by atoms with Crippen LogP contribution >= 0.6 is 0 Å². The number of amides is 3. The number of carbonyl (C=O) groups is 3. The van der Waals surface area contributed by atoms with Crippen LogP contribution < -0.4 is 5.32 Å². The highest BCUT2D eigenvalue weighted by Gasteiger charge is 2.39. The lowest BCUT2D eigenvalue weighted by Crippen LogP contribution is -2.66. The van der Waals surface area contributed by atoms with Crippen LogP contribution in [0.3, 0.4) is 0 Å². The average Bonchev–Trinajstić information content (AvgIpc) is 2.57. The quantitative estimate of drug-likeness (QED) is 0.836. The second kappa shape index (κ2) is 6.38. The van der Waals surface area contributed by atoms with Crippen molar-refractivity contribution >= 4 is 17.7 Å². The van der Waals surface area contributed by atoms with Gasteiger partial charge in [0.05, 0.1) is 25.1 Å².